The van der Waals surface area contributed by atoms with E-state index in [0.29, 0.717) is 37.8 Å². The number of rotatable bonds is 5. The van der Waals surface area contributed by atoms with Gasteiger partial charge in [-0.15, -0.1) is 0 Å². The molecule has 2 aromatic rings. The van der Waals surface area contributed by atoms with E-state index in [4.69, 9.17) is 21.1 Å². The van der Waals surface area contributed by atoms with Crippen LogP contribution in [0.4, 0.5) is 5.69 Å². The fourth-order valence-corrected chi connectivity index (χ4v) is 3.99. The minimum atomic E-state index is -0.399. The summed E-state index contributed by atoms with van der Waals surface area (Å²) in [5.41, 5.74) is 1.12. The molecule has 2 aromatic carbocycles. The van der Waals surface area contributed by atoms with Gasteiger partial charge in [-0.05, 0) is 65.5 Å². The molecule has 6 nitrogen and oxygen atoms in total. The molecule has 1 N–H and O–H groups in total. The van der Waals surface area contributed by atoms with Crippen molar-refractivity contribution >= 4 is 45.0 Å². The summed E-state index contributed by atoms with van der Waals surface area (Å²) in [4.78, 5) is 27.7. The van der Waals surface area contributed by atoms with E-state index in [-0.39, 0.29) is 5.91 Å². The Morgan fingerprint density at radius 3 is 2.24 bits per heavy atom. The summed E-state index contributed by atoms with van der Waals surface area (Å²) in [6.45, 7) is 1.44. The van der Waals surface area contributed by atoms with E-state index in [1.54, 1.807) is 30.3 Å². The standard InChI is InChI=1S/C21H22BrClN2O4/c1-28-17-10-13(11-18(29-2)19(17)22)20(26)24-16-12-14(23)6-7-15(16)21(27)25-8-4-3-5-9-25/h6-7,10-12H,3-5,8-9H2,1-2H3,(H,24,26). The molecule has 154 valence electrons. The maximum atomic E-state index is 13.0. The summed E-state index contributed by atoms with van der Waals surface area (Å²) in [5, 5.41) is 3.24. The largest absolute Gasteiger partial charge is 0.495 e. The maximum Gasteiger partial charge on any atom is 0.255 e. The van der Waals surface area contributed by atoms with Crippen molar-refractivity contribution in [2.24, 2.45) is 0 Å². The summed E-state index contributed by atoms with van der Waals surface area (Å²) in [5.74, 6) is 0.419. The second kappa shape index (κ2) is 9.50. The monoisotopic (exact) mass is 480 g/mol. The second-order valence-corrected chi connectivity index (χ2v) is 7.92. The van der Waals surface area contributed by atoms with E-state index in [1.165, 1.54) is 14.2 Å². The third-order valence-corrected chi connectivity index (χ3v) is 5.83. The molecule has 0 radical (unpaired) electrons. The minimum Gasteiger partial charge on any atom is -0.495 e. The molecule has 0 saturated carbocycles. The molecule has 1 heterocycles. The highest BCUT2D eigenvalue weighted by Gasteiger charge is 2.23. The van der Waals surface area contributed by atoms with E-state index in [1.807, 2.05) is 4.90 Å². The highest BCUT2D eigenvalue weighted by molar-refractivity contribution is 9.10. The third kappa shape index (κ3) is 4.85. The highest BCUT2D eigenvalue weighted by Crippen LogP contribution is 2.36. The van der Waals surface area contributed by atoms with Crippen LogP contribution in [-0.4, -0.2) is 44.0 Å². The lowest BCUT2D eigenvalue weighted by atomic mass is 10.1. The van der Waals surface area contributed by atoms with E-state index >= 15 is 0 Å². The van der Waals surface area contributed by atoms with Gasteiger partial charge in [0.25, 0.3) is 11.8 Å². The number of hydrogen-bond donors (Lipinski definition) is 1. The van der Waals surface area contributed by atoms with Crippen molar-refractivity contribution in [1.82, 2.24) is 4.90 Å². The lowest BCUT2D eigenvalue weighted by Crippen LogP contribution is -2.36. The van der Waals surface area contributed by atoms with Crippen LogP contribution < -0.4 is 14.8 Å². The van der Waals surface area contributed by atoms with Crippen LogP contribution in [0.15, 0.2) is 34.8 Å². The van der Waals surface area contributed by atoms with Crippen LogP contribution in [-0.2, 0) is 0 Å². The molecule has 29 heavy (non-hydrogen) atoms. The van der Waals surface area contributed by atoms with Crippen molar-refractivity contribution in [3.8, 4) is 11.5 Å². The molecule has 3 rings (SSSR count). The normalized spacial score (nSPS) is 13.7. The van der Waals surface area contributed by atoms with Gasteiger partial charge in [-0.2, -0.15) is 0 Å². The van der Waals surface area contributed by atoms with Gasteiger partial charge in [0, 0.05) is 23.7 Å². The molecule has 8 heteroatoms. The van der Waals surface area contributed by atoms with E-state index in [9.17, 15) is 9.59 Å². The number of likely N-dealkylation sites (tertiary alicyclic amines) is 1. The van der Waals surface area contributed by atoms with Crippen molar-refractivity contribution in [3.63, 3.8) is 0 Å². The van der Waals surface area contributed by atoms with E-state index < -0.39 is 5.91 Å². The molecule has 1 saturated heterocycles. The lowest BCUT2D eigenvalue weighted by Gasteiger charge is -2.27. The van der Waals surface area contributed by atoms with Crippen molar-refractivity contribution in [2.75, 3.05) is 32.6 Å². The van der Waals surface area contributed by atoms with Gasteiger partial charge in [-0.25, -0.2) is 0 Å². The van der Waals surface area contributed by atoms with Crippen molar-refractivity contribution < 1.29 is 19.1 Å². The van der Waals surface area contributed by atoms with Crippen molar-refractivity contribution in [2.45, 2.75) is 19.3 Å². The van der Waals surface area contributed by atoms with E-state index in [0.717, 1.165) is 32.4 Å². The van der Waals surface area contributed by atoms with Crippen LogP contribution in [0.3, 0.4) is 0 Å². The Hall–Kier alpha value is -2.25. The van der Waals surface area contributed by atoms with Gasteiger partial charge in [0.2, 0.25) is 0 Å². The fraction of sp³-hybridized carbons (Fsp3) is 0.333. The van der Waals surface area contributed by atoms with Gasteiger partial charge in [0.1, 0.15) is 16.0 Å². The van der Waals surface area contributed by atoms with Crippen LogP contribution in [0.1, 0.15) is 40.0 Å². The number of methoxy groups -OCH3 is 2. The van der Waals surface area contributed by atoms with Crippen LogP contribution in [0, 0.1) is 0 Å². The number of amides is 2. The number of carbonyl (C=O) groups excluding carboxylic acids is 2. The fourth-order valence-electron chi connectivity index (χ4n) is 3.27. The number of ether oxygens (including phenoxy) is 2. The minimum absolute atomic E-state index is 0.109. The molecule has 0 bridgehead atoms. The van der Waals surface area contributed by atoms with Crippen molar-refractivity contribution in [1.29, 1.82) is 0 Å². The Balaban J connectivity index is 1.91. The molecule has 0 atom stereocenters. The van der Waals surface area contributed by atoms with Crippen LogP contribution in [0.25, 0.3) is 0 Å². The molecule has 0 unspecified atom stereocenters. The van der Waals surface area contributed by atoms with Gasteiger partial charge in [0.15, 0.2) is 0 Å². The molecule has 0 aromatic heterocycles. The Bertz CT molecular complexity index is 904. The summed E-state index contributed by atoms with van der Waals surface area (Å²) in [6, 6.07) is 8.08. The van der Waals surface area contributed by atoms with Crippen molar-refractivity contribution in [3.05, 3.63) is 51.0 Å². The first kappa shape index (κ1) is 21.5. The van der Waals surface area contributed by atoms with Gasteiger partial charge >= 0.3 is 0 Å². The molecular weight excluding hydrogens is 460 g/mol. The molecule has 1 aliphatic heterocycles. The van der Waals surface area contributed by atoms with Gasteiger partial charge in [-0.3, -0.25) is 9.59 Å². The molecule has 0 spiro atoms. The first-order valence-electron chi connectivity index (χ1n) is 9.26. The third-order valence-electron chi connectivity index (χ3n) is 4.81. The maximum absolute atomic E-state index is 13.0. The van der Waals surface area contributed by atoms with Gasteiger partial charge in [-0.1, -0.05) is 11.6 Å². The Kier molecular flexibility index (Phi) is 7.03. The zero-order valence-corrected chi connectivity index (χ0v) is 18.6. The molecule has 1 fully saturated rings. The number of nitrogens with one attached hydrogen (secondary N) is 1. The number of anilines is 1. The predicted octanol–water partition coefficient (Wildman–Crippen LogP) is 5.00. The number of nitrogens with zero attached hydrogens (tertiary/aromatic N) is 1. The topological polar surface area (TPSA) is 67.9 Å². The first-order chi connectivity index (χ1) is 13.9. The van der Waals surface area contributed by atoms with Gasteiger partial charge in [0.05, 0.1) is 25.5 Å². The summed E-state index contributed by atoms with van der Waals surface area (Å²) in [7, 11) is 3.02. The number of carbonyl (C=O) groups is 2. The number of benzene rings is 2. The number of hydrogen-bond acceptors (Lipinski definition) is 4. The lowest BCUT2D eigenvalue weighted by molar-refractivity contribution is 0.0725. The Morgan fingerprint density at radius 1 is 1.03 bits per heavy atom. The SMILES string of the molecule is COc1cc(C(=O)Nc2cc(Cl)ccc2C(=O)N2CCCCC2)cc(OC)c1Br. The zero-order valence-electron chi connectivity index (χ0n) is 16.3. The molecule has 0 aliphatic carbocycles. The van der Waals surface area contributed by atoms with Gasteiger partial charge < -0.3 is 19.7 Å². The number of piperidine rings is 1. The molecule has 2 amide bonds. The smallest absolute Gasteiger partial charge is 0.255 e. The van der Waals surface area contributed by atoms with Crippen LogP contribution in [0.2, 0.25) is 5.02 Å². The van der Waals surface area contributed by atoms with Crippen LogP contribution in [0.5, 0.6) is 11.5 Å². The summed E-state index contributed by atoms with van der Waals surface area (Å²) in [6.07, 6.45) is 3.10. The average Bonchev–Trinajstić information content (AvgIpc) is 2.74. The van der Waals surface area contributed by atoms with E-state index in [2.05, 4.69) is 21.2 Å². The summed E-state index contributed by atoms with van der Waals surface area (Å²) >= 11 is 9.52. The first-order valence-corrected chi connectivity index (χ1v) is 10.4. The number of halogens is 2. The average molecular weight is 482 g/mol. The second-order valence-electron chi connectivity index (χ2n) is 6.69. The zero-order chi connectivity index (χ0) is 21.0. The molecular formula is C21H22BrClN2O4. The Morgan fingerprint density at radius 2 is 1.66 bits per heavy atom. The molecule has 1 aliphatic rings. The van der Waals surface area contributed by atoms with Crippen LogP contribution >= 0.6 is 27.5 Å². The quantitative estimate of drug-likeness (QED) is 0.653. The Labute approximate surface area is 183 Å². The summed E-state index contributed by atoms with van der Waals surface area (Å²) < 4.78 is 11.2. The highest BCUT2D eigenvalue weighted by atomic mass is 79.9. The predicted molar refractivity (Wildman–Crippen MR) is 116 cm³/mol.